The second kappa shape index (κ2) is 2.75. The maximum absolute atomic E-state index is 11.1. The van der Waals surface area contributed by atoms with E-state index in [1.807, 2.05) is 0 Å². The minimum atomic E-state index is -0.570. The van der Waals surface area contributed by atoms with Crippen LogP contribution in [0.15, 0.2) is 0 Å². The summed E-state index contributed by atoms with van der Waals surface area (Å²) < 4.78 is 0. The predicted molar refractivity (Wildman–Crippen MR) is 36.8 cm³/mol. The van der Waals surface area contributed by atoms with Gasteiger partial charge in [-0.1, -0.05) is 0 Å². The lowest BCUT2D eigenvalue weighted by Crippen LogP contribution is -2.27. The molecule has 0 fully saturated rings. The third kappa shape index (κ3) is 1.58. The summed E-state index contributed by atoms with van der Waals surface area (Å²) in [6, 6.07) is -0.570. The average Bonchev–Trinajstić information content (AvgIpc) is 2.34. The Morgan fingerprint density at radius 2 is 2.36 bits per heavy atom. The molecule has 2 N–H and O–H groups in total. The molecule has 1 atom stereocenters. The van der Waals surface area contributed by atoms with Crippen molar-refractivity contribution >= 4 is 5.78 Å². The Morgan fingerprint density at radius 1 is 1.73 bits per heavy atom. The molecule has 1 rings (SSSR count). The molecule has 1 heterocycles. The zero-order valence-electron chi connectivity index (χ0n) is 6.35. The molecule has 0 saturated heterocycles. The van der Waals surface area contributed by atoms with Gasteiger partial charge in [-0.15, -0.1) is 10.2 Å². The van der Waals surface area contributed by atoms with Crippen LogP contribution >= 0.6 is 0 Å². The Hall–Kier alpha value is -1.30. The lowest BCUT2D eigenvalue weighted by molar-refractivity contribution is 0.0957. The number of carbonyl (C=O) groups is 1. The summed E-state index contributed by atoms with van der Waals surface area (Å²) in [5.74, 6) is -0.222. The molecular formula is C5H9N5O. The molecule has 6 nitrogen and oxygen atoms in total. The van der Waals surface area contributed by atoms with Crippen LogP contribution in [0.3, 0.4) is 0 Å². The molecule has 0 aliphatic rings. The number of aromatic nitrogens is 4. The van der Waals surface area contributed by atoms with E-state index in [9.17, 15) is 4.79 Å². The number of nitrogens with zero attached hydrogens (tertiary/aromatic N) is 4. The van der Waals surface area contributed by atoms with Gasteiger partial charge >= 0.3 is 0 Å². The molecule has 11 heavy (non-hydrogen) atoms. The lowest BCUT2D eigenvalue weighted by atomic mass is 10.2. The molecule has 0 radical (unpaired) electrons. The molecular weight excluding hydrogens is 146 g/mol. The molecule has 1 aromatic rings. The monoisotopic (exact) mass is 155 g/mol. The van der Waals surface area contributed by atoms with E-state index >= 15 is 0 Å². The molecule has 0 aliphatic heterocycles. The zero-order chi connectivity index (χ0) is 8.43. The van der Waals surface area contributed by atoms with E-state index in [0.717, 1.165) is 0 Å². The first-order valence-electron chi connectivity index (χ1n) is 3.15. The Kier molecular flexibility index (Phi) is 1.95. The van der Waals surface area contributed by atoms with E-state index in [0.29, 0.717) is 0 Å². The standard InChI is InChI=1S/C5H9N5O/c1-3(6)4(11)5-7-9-10(2)8-5/h3H,6H2,1-2H3/t3-/m1/s1. The van der Waals surface area contributed by atoms with Crippen LogP contribution in [0.1, 0.15) is 17.5 Å². The van der Waals surface area contributed by atoms with E-state index in [1.165, 1.54) is 4.80 Å². The largest absolute Gasteiger partial charge is 0.321 e. The Labute approximate surface area is 63.4 Å². The van der Waals surface area contributed by atoms with Crippen LogP contribution in [0, 0.1) is 0 Å². The highest BCUT2D eigenvalue weighted by Gasteiger charge is 2.15. The number of hydrogen-bond donors (Lipinski definition) is 1. The van der Waals surface area contributed by atoms with E-state index in [-0.39, 0.29) is 11.6 Å². The van der Waals surface area contributed by atoms with Gasteiger partial charge in [0.25, 0.3) is 0 Å². The number of hydrogen-bond acceptors (Lipinski definition) is 5. The lowest BCUT2D eigenvalue weighted by Gasteiger charge is -1.95. The maximum Gasteiger partial charge on any atom is 0.242 e. The number of tetrazole rings is 1. The molecule has 0 bridgehead atoms. The van der Waals surface area contributed by atoms with Crippen LogP contribution in [0.2, 0.25) is 0 Å². The van der Waals surface area contributed by atoms with E-state index in [4.69, 9.17) is 5.73 Å². The maximum atomic E-state index is 11.1. The Bertz CT molecular complexity index is 266. The first-order chi connectivity index (χ1) is 5.11. The van der Waals surface area contributed by atoms with Gasteiger partial charge in [0, 0.05) is 0 Å². The fraction of sp³-hybridized carbons (Fsp3) is 0.600. The fourth-order valence-corrected chi connectivity index (χ4v) is 0.586. The van der Waals surface area contributed by atoms with Gasteiger partial charge in [-0.05, 0) is 12.1 Å². The number of carbonyl (C=O) groups excluding carboxylic acids is 1. The number of ketones is 1. The van der Waals surface area contributed by atoms with Gasteiger partial charge in [0.15, 0.2) is 0 Å². The third-order valence-corrected chi connectivity index (χ3v) is 1.14. The molecule has 0 amide bonds. The van der Waals surface area contributed by atoms with Gasteiger partial charge in [0.05, 0.1) is 13.1 Å². The number of nitrogens with two attached hydrogens (primary N) is 1. The topological polar surface area (TPSA) is 86.7 Å². The highest BCUT2D eigenvalue weighted by Crippen LogP contribution is 1.90. The van der Waals surface area contributed by atoms with Crippen molar-refractivity contribution in [2.24, 2.45) is 12.8 Å². The molecule has 1 aromatic heterocycles. The summed E-state index contributed by atoms with van der Waals surface area (Å²) in [5.41, 5.74) is 5.31. The molecule has 0 spiro atoms. The van der Waals surface area contributed by atoms with E-state index in [2.05, 4.69) is 15.4 Å². The number of Topliss-reactive ketones (excluding diaryl/α,β-unsaturated/α-hetero) is 1. The van der Waals surface area contributed by atoms with Crippen molar-refractivity contribution in [3.05, 3.63) is 5.82 Å². The van der Waals surface area contributed by atoms with E-state index in [1.54, 1.807) is 14.0 Å². The highest BCUT2D eigenvalue weighted by atomic mass is 16.1. The van der Waals surface area contributed by atoms with Gasteiger partial charge in [0.2, 0.25) is 11.6 Å². The van der Waals surface area contributed by atoms with Crippen molar-refractivity contribution in [3.63, 3.8) is 0 Å². The highest BCUT2D eigenvalue weighted by molar-refractivity contribution is 5.96. The van der Waals surface area contributed by atoms with Crippen LogP contribution in [0.5, 0.6) is 0 Å². The summed E-state index contributed by atoms with van der Waals surface area (Å²) in [6.45, 7) is 1.58. The van der Waals surface area contributed by atoms with Crippen molar-refractivity contribution in [2.75, 3.05) is 0 Å². The summed E-state index contributed by atoms with van der Waals surface area (Å²) in [6.07, 6.45) is 0. The second-order valence-corrected chi connectivity index (χ2v) is 2.26. The molecule has 0 aliphatic carbocycles. The van der Waals surface area contributed by atoms with Crippen molar-refractivity contribution in [2.45, 2.75) is 13.0 Å². The van der Waals surface area contributed by atoms with Crippen LogP contribution in [-0.4, -0.2) is 32.0 Å². The van der Waals surface area contributed by atoms with Crippen LogP contribution in [0.4, 0.5) is 0 Å². The third-order valence-electron chi connectivity index (χ3n) is 1.14. The Morgan fingerprint density at radius 3 is 2.73 bits per heavy atom. The van der Waals surface area contributed by atoms with Crippen LogP contribution < -0.4 is 5.73 Å². The summed E-state index contributed by atoms with van der Waals surface area (Å²) in [7, 11) is 1.59. The average molecular weight is 155 g/mol. The predicted octanol–water partition coefficient (Wildman–Crippen LogP) is -1.26. The smallest absolute Gasteiger partial charge is 0.242 e. The molecule has 0 unspecified atom stereocenters. The normalized spacial score (nSPS) is 13.0. The van der Waals surface area contributed by atoms with Crippen molar-refractivity contribution in [1.82, 2.24) is 20.2 Å². The first-order valence-corrected chi connectivity index (χ1v) is 3.15. The van der Waals surface area contributed by atoms with Gasteiger partial charge in [0.1, 0.15) is 0 Å². The molecule has 60 valence electrons. The molecule has 0 aromatic carbocycles. The Balaban J connectivity index is 2.85. The molecule has 0 saturated carbocycles. The zero-order valence-corrected chi connectivity index (χ0v) is 6.35. The van der Waals surface area contributed by atoms with Gasteiger partial charge in [-0.25, -0.2) is 0 Å². The van der Waals surface area contributed by atoms with Crippen molar-refractivity contribution in [3.8, 4) is 0 Å². The summed E-state index contributed by atoms with van der Waals surface area (Å²) >= 11 is 0. The van der Waals surface area contributed by atoms with Crippen molar-refractivity contribution in [1.29, 1.82) is 0 Å². The van der Waals surface area contributed by atoms with Gasteiger partial charge in [-0.3, -0.25) is 4.79 Å². The van der Waals surface area contributed by atoms with Gasteiger partial charge in [-0.2, -0.15) is 4.80 Å². The van der Waals surface area contributed by atoms with Crippen LogP contribution in [-0.2, 0) is 7.05 Å². The minimum Gasteiger partial charge on any atom is -0.321 e. The SMILES string of the molecule is C[C@@H](N)C(=O)c1nnn(C)n1. The number of aryl methyl sites for hydroxylation is 1. The van der Waals surface area contributed by atoms with E-state index < -0.39 is 6.04 Å². The first kappa shape index (κ1) is 7.80. The fourth-order valence-electron chi connectivity index (χ4n) is 0.586. The minimum absolute atomic E-state index is 0.0718. The van der Waals surface area contributed by atoms with Crippen LogP contribution in [0.25, 0.3) is 0 Å². The summed E-state index contributed by atoms with van der Waals surface area (Å²) in [5, 5.41) is 10.7. The van der Waals surface area contributed by atoms with Crippen molar-refractivity contribution < 1.29 is 4.79 Å². The number of rotatable bonds is 2. The quantitative estimate of drug-likeness (QED) is 0.538. The molecule has 6 heteroatoms. The second-order valence-electron chi connectivity index (χ2n) is 2.26. The summed E-state index contributed by atoms with van der Waals surface area (Å²) in [4.78, 5) is 12.3. The van der Waals surface area contributed by atoms with Gasteiger partial charge < -0.3 is 5.73 Å².